The predicted molar refractivity (Wildman–Crippen MR) is 87.1 cm³/mol. The lowest BCUT2D eigenvalue weighted by atomic mass is 9.73. The molecule has 2 atom stereocenters. The zero-order valence-electron chi connectivity index (χ0n) is 14.0. The molecule has 1 saturated carbocycles. The van der Waals surface area contributed by atoms with E-state index < -0.39 is 0 Å². The van der Waals surface area contributed by atoms with Gasteiger partial charge in [0, 0.05) is 23.7 Å². The van der Waals surface area contributed by atoms with Gasteiger partial charge in [0.05, 0.1) is 14.2 Å². The van der Waals surface area contributed by atoms with Crippen LogP contribution < -0.4 is 14.8 Å². The van der Waals surface area contributed by atoms with Crippen LogP contribution in [0.15, 0.2) is 18.2 Å². The van der Waals surface area contributed by atoms with Gasteiger partial charge < -0.3 is 14.8 Å². The van der Waals surface area contributed by atoms with Crippen molar-refractivity contribution in [3.8, 4) is 11.5 Å². The quantitative estimate of drug-likeness (QED) is 0.876. The maximum absolute atomic E-state index is 5.53. The van der Waals surface area contributed by atoms with Crippen LogP contribution in [0.2, 0.25) is 0 Å². The van der Waals surface area contributed by atoms with Crippen molar-refractivity contribution in [1.29, 1.82) is 0 Å². The van der Waals surface area contributed by atoms with E-state index in [-0.39, 0.29) is 6.04 Å². The van der Waals surface area contributed by atoms with Gasteiger partial charge in [-0.05, 0) is 31.2 Å². The van der Waals surface area contributed by atoms with Crippen LogP contribution in [0, 0.1) is 5.41 Å². The fourth-order valence-electron chi connectivity index (χ4n) is 3.37. The zero-order valence-corrected chi connectivity index (χ0v) is 14.0. The highest BCUT2D eigenvalue weighted by Crippen LogP contribution is 2.37. The lowest BCUT2D eigenvalue weighted by Crippen LogP contribution is -2.45. The summed E-state index contributed by atoms with van der Waals surface area (Å²) in [4.78, 5) is 0. The highest BCUT2D eigenvalue weighted by Gasteiger charge is 2.33. The molecule has 1 aromatic carbocycles. The molecular weight excluding hydrogens is 262 g/mol. The minimum atomic E-state index is 0.272. The van der Waals surface area contributed by atoms with E-state index in [1.165, 1.54) is 31.2 Å². The summed E-state index contributed by atoms with van der Waals surface area (Å²) in [6, 6.07) is 6.90. The van der Waals surface area contributed by atoms with E-state index in [1.54, 1.807) is 14.2 Å². The summed E-state index contributed by atoms with van der Waals surface area (Å²) in [5.74, 6) is 1.73. The number of hydrogen-bond donors (Lipinski definition) is 1. The molecule has 2 rings (SSSR count). The topological polar surface area (TPSA) is 30.5 Å². The monoisotopic (exact) mass is 291 g/mol. The minimum absolute atomic E-state index is 0.272. The third-order valence-electron chi connectivity index (χ3n) is 4.87. The van der Waals surface area contributed by atoms with Gasteiger partial charge in [-0.1, -0.05) is 32.8 Å². The van der Waals surface area contributed by atoms with Crippen molar-refractivity contribution < 1.29 is 9.47 Å². The summed E-state index contributed by atoms with van der Waals surface area (Å²) in [6.07, 6.45) is 5.24. The van der Waals surface area contributed by atoms with Crippen LogP contribution in [0.3, 0.4) is 0 Å². The summed E-state index contributed by atoms with van der Waals surface area (Å²) >= 11 is 0. The van der Waals surface area contributed by atoms with Gasteiger partial charge >= 0.3 is 0 Å². The number of rotatable bonds is 5. The molecule has 0 aliphatic heterocycles. The van der Waals surface area contributed by atoms with Crippen molar-refractivity contribution in [3.63, 3.8) is 0 Å². The number of hydrogen-bond acceptors (Lipinski definition) is 3. The Hall–Kier alpha value is -1.22. The molecule has 0 aromatic heterocycles. The second kappa shape index (κ2) is 6.69. The second-order valence-corrected chi connectivity index (χ2v) is 6.78. The molecule has 0 heterocycles. The molecule has 0 radical (unpaired) electrons. The van der Waals surface area contributed by atoms with Gasteiger partial charge in [0.25, 0.3) is 0 Å². The predicted octanol–water partition coefficient (Wildman–Crippen LogP) is 4.32. The Morgan fingerprint density at radius 2 is 1.95 bits per heavy atom. The van der Waals surface area contributed by atoms with Crippen LogP contribution in [-0.2, 0) is 0 Å². The van der Waals surface area contributed by atoms with Crippen LogP contribution in [0.4, 0.5) is 0 Å². The fourth-order valence-corrected chi connectivity index (χ4v) is 3.37. The number of benzene rings is 1. The molecule has 1 aromatic rings. The van der Waals surface area contributed by atoms with Gasteiger partial charge in [0.15, 0.2) is 0 Å². The molecule has 1 aliphatic carbocycles. The second-order valence-electron chi connectivity index (χ2n) is 6.78. The SMILES string of the molecule is COc1ccc(C(C)NC2CCCCC2(C)C)c(OC)c1. The third-order valence-corrected chi connectivity index (χ3v) is 4.87. The van der Waals surface area contributed by atoms with Gasteiger partial charge in [-0.25, -0.2) is 0 Å². The summed E-state index contributed by atoms with van der Waals surface area (Å²) in [6.45, 7) is 6.97. The average Bonchev–Trinajstić information content (AvgIpc) is 2.48. The average molecular weight is 291 g/mol. The highest BCUT2D eigenvalue weighted by atomic mass is 16.5. The smallest absolute Gasteiger partial charge is 0.127 e. The Morgan fingerprint density at radius 3 is 2.57 bits per heavy atom. The van der Waals surface area contributed by atoms with Gasteiger partial charge in [0.1, 0.15) is 11.5 Å². The lowest BCUT2D eigenvalue weighted by Gasteiger charge is -2.41. The van der Waals surface area contributed by atoms with Crippen LogP contribution in [0.5, 0.6) is 11.5 Å². The summed E-state index contributed by atoms with van der Waals surface area (Å²) in [5, 5.41) is 3.82. The van der Waals surface area contributed by atoms with E-state index in [9.17, 15) is 0 Å². The van der Waals surface area contributed by atoms with Gasteiger partial charge in [0.2, 0.25) is 0 Å². The molecule has 118 valence electrons. The molecule has 0 saturated heterocycles. The first-order valence-corrected chi connectivity index (χ1v) is 7.96. The summed E-state index contributed by atoms with van der Waals surface area (Å²) in [7, 11) is 3.40. The Balaban J connectivity index is 2.14. The molecule has 0 amide bonds. The summed E-state index contributed by atoms with van der Waals surface area (Å²) < 4.78 is 10.8. The minimum Gasteiger partial charge on any atom is -0.497 e. The van der Waals surface area contributed by atoms with Crippen LogP contribution >= 0.6 is 0 Å². The van der Waals surface area contributed by atoms with Crippen LogP contribution in [-0.4, -0.2) is 20.3 Å². The first-order chi connectivity index (χ1) is 9.97. The molecule has 1 aliphatic rings. The van der Waals surface area contributed by atoms with Crippen molar-refractivity contribution in [1.82, 2.24) is 5.32 Å². The molecule has 0 spiro atoms. The molecule has 3 nitrogen and oxygen atoms in total. The highest BCUT2D eigenvalue weighted by molar-refractivity contribution is 5.42. The maximum Gasteiger partial charge on any atom is 0.127 e. The molecule has 21 heavy (non-hydrogen) atoms. The molecule has 0 bridgehead atoms. The van der Waals surface area contributed by atoms with E-state index in [0.29, 0.717) is 11.5 Å². The molecule has 1 N–H and O–H groups in total. The largest absolute Gasteiger partial charge is 0.497 e. The van der Waals surface area contributed by atoms with E-state index in [1.807, 2.05) is 12.1 Å². The standard InChI is InChI=1S/C18H29NO2/c1-13(19-17-8-6-7-11-18(17,2)3)15-10-9-14(20-4)12-16(15)21-5/h9-10,12-13,17,19H,6-8,11H2,1-5H3. The van der Waals surface area contributed by atoms with Crippen LogP contribution in [0.1, 0.15) is 58.1 Å². The van der Waals surface area contributed by atoms with Crippen LogP contribution in [0.25, 0.3) is 0 Å². The van der Waals surface area contributed by atoms with E-state index in [2.05, 4.69) is 32.2 Å². The zero-order chi connectivity index (χ0) is 15.5. The van der Waals surface area contributed by atoms with Gasteiger partial charge in [-0.2, -0.15) is 0 Å². The van der Waals surface area contributed by atoms with E-state index in [4.69, 9.17) is 9.47 Å². The third kappa shape index (κ3) is 3.70. The van der Waals surface area contributed by atoms with Crippen molar-refractivity contribution in [2.45, 2.75) is 58.5 Å². The molecule has 3 heteroatoms. The fraction of sp³-hybridized carbons (Fsp3) is 0.667. The Kier molecular flexibility index (Phi) is 5.15. The first-order valence-electron chi connectivity index (χ1n) is 7.96. The van der Waals surface area contributed by atoms with E-state index >= 15 is 0 Å². The Morgan fingerprint density at radius 1 is 1.19 bits per heavy atom. The maximum atomic E-state index is 5.53. The van der Waals surface area contributed by atoms with Gasteiger partial charge in [-0.15, -0.1) is 0 Å². The first kappa shape index (κ1) is 16.2. The lowest BCUT2D eigenvalue weighted by molar-refractivity contribution is 0.157. The summed E-state index contributed by atoms with van der Waals surface area (Å²) in [5.41, 5.74) is 1.56. The Labute approximate surface area is 129 Å². The number of ether oxygens (including phenoxy) is 2. The van der Waals surface area contributed by atoms with Gasteiger partial charge in [-0.3, -0.25) is 0 Å². The van der Waals surface area contributed by atoms with Crippen molar-refractivity contribution in [3.05, 3.63) is 23.8 Å². The Bertz CT molecular complexity index is 470. The molecule has 2 unspecified atom stereocenters. The van der Waals surface area contributed by atoms with Crippen molar-refractivity contribution in [2.24, 2.45) is 5.41 Å². The van der Waals surface area contributed by atoms with Crippen molar-refractivity contribution >= 4 is 0 Å². The number of nitrogens with one attached hydrogen (secondary N) is 1. The molecular formula is C18H29NO2. The van der Waals surface area contributed by atoms with Crippen molar-refractivity contribution in [2.75, 3.05) is 14.2 Å². The molecule has 1 fully saturated rings. The normalized spacial score (nSPS) is 22.6. The van der Waals surface area contributed by atoms with E-state index in [0.717, 1.165) is 11.5 Å². The number of methoxy groups -OCH3 is 2.